The van der Waals surface area contributed by atoms with E-state index in [9.17, 15) is 4.79 Å². The molecule has 9 nitrogen and oxygen atoms in total. The third-order valence-corrected chi connectivity index (χ3v) is 6.09. The quantitative estimate of drug-likeness (QED) is 0.350. The van der Waals surface area contributed by atoms with Crippen LogP contribution in [0.3, 0.4) is 0 Å². The van der Waals surface area contributed by atoms with E-state index in [0.29, 0.717) is 38.9 Å². The van der Waals surface area contributed by atoms with Crippen LogP contribution in [0.15, 0.2) is 90.4 Å². The maximum Gasteiger partial charge on any atom is 0.349 e. The van der Waals surface area contributed by atoms with Gasteiger partial charge in [0.15, 0.2) is 5.82 Å². The fourth-order valence-corrected chi connectivity index (χ4v) is 4.26. The summed E-state index contributed by atoms with van der Waals surface area (Å²) in [5.41, 5.74) is 1.82. The summed E-state index contributed by atoms with van der Waals surface area (Å²) in [5.74, 6) is 0.341. The summed E-state index contributed by atoms with van der Waals surface area (Å²) in [4.78, 5) is 21.0. The predicted molar refractivity (Wildman–Crippen MR) is 128 cm³/mol. The Morgan fingerprint density at radius 2 is 1.60 bits per heavy atom. The third kappa shape index (κ3) is 5.71. The highest BCUT2D eigenvalue weighted by Crippen LogP contribution is 2.31. The molecular weight excluding hydrogens is 446 g/mol. The Morgan fingerprint density at radius 1 is 0.914 bits per heavy atom. The van der Waals surface area contributed by atoms with Gasteiger partial charge < -0.3 is 14.2 Å². The molecule has 2 aromatic carbocycles. The van der Waals surface area contributed by atoms with Crippen LogP contribution in [0, 0.1) is 5.92 Å². The Bertz CT molecular complexity index is 1250. The second kappa shape index (κ2) is 11.2. The van der Waals surface area contributed by atoms with E-state index in [0.717, 1.165) is 11.1 Å². The van der Waals surface area contributed by atoms with Gasteiger partial charge in [-0.15, -0.1) is 0 Å². The van der Waals surface area contributed by atoms with Crippen LogP contribution in [-0.2, 0) is 27.4 Å². The van der Waals surface area contributed by atoms with E-state index in [1.165, 1.54) is 17.3 Å². The number of nitrogens with zero attached hydrogens (tertiary/aromatic N) is 5. The Hall–Kier alpha value is -3.66. The van der Waals surface area contributed by atoms with Gasteiger partial charge >= 0.3 is 5.69 Å². The average molecular weight is 474 g/mol. The number of ether oxygens (including phenoxy) is 3. The summed E-state index contributed by atoms with van der Waals surface area (Å²) in [6.07, 6.45) is 4.43. The lowest BCUT2D eigenvalue weighted by molar-refractivity contribution is -0.0240. The molecule has 35 heavy (non-hydrogen) atoms. The van der Waals surface area contributed by atoms with E-state index >= 15 is 0 Å². The van der Waals surface area contributed by atoms with Gasteiger partial charge in [0.25, 0.3) is 0 Å². The molecule has 180 valence electrons. The number of rotatable bonds is 10. The van der Waals surface area contributed by atoms with Crippen LogP contribution in [0.25, 0.3) is 5.82 Å². The molecule has 0 N–H and O–H groups in total. The van der Waals surface area contributed by atoms with Gasteiger partial charge in [-0.25, -0.2) is 14.5 Å². The first-order valence-corrected chi connectivity index (χ1v) is 11.6. The van der Waals surface area contributed by atoms with Crippen molar-refractivity contribution in [1.29, 1.82) is 0 Å². The minimum atomic E-state index is -0.370. The molecule has 0 saturated carbocycles. The van der Waals surface area contributed by atoms with Crippen LogP contribution >= 0.6 is 0 Å². The van der Waals surface area contributed by atoms with Crippen LogP contribution in [-0.4, -0.2) is 50.2 Å². The molecule has 1 fully saturated rings. The summed E-state index contributed by atoms with van der Waals surface area (Å²) in [6.45, 7) is 2.19. The second-order valence-electron chi connectivity index (χ2n) is 8.42. The first-order valence-electron chi connectivity index (χ1n) is 11.6. The van der Waals surface area contributed by atoms with Gasteiger partial charge in [0.2, 0.25) is 0 Å². The highest BCUT2D eigenvalue weighted by molar-refractivity contribution is 5.17. The molecule has 1 aliphatic heterocycles. The maximum absolute atomic E-state index is 12.9. The number of hydrogen-bond donors (Lipinski definition) is 0. The number of benzene rings is 2. The van der Waals surface area contributed by atoms with Crippen LogP contribution < -0.4 is 5.69 Å². The van der Waals surface area contributed by atoms with Crippen molar-refractivity contribution >= 4 is 0 Å². The molecule has 4 aromatic rings. The highest BCUT2D eigenvalue weighted by atomic mass is 16.5. The van der Waals surface area contributed by atoms with Gasteiger partial charge in [-0.1, -0.05) is 60.7 Å². The Balaban J connectivity index is 1.29. The van der Waals surface area contributed by atoms with Crippen molar-refractivity contribution in [2.24, 2.45) is 5.92 Å². The molecule has 0 bridgehead atoms. The molecule has 3 atom stereocenters. The van der Waals surface area contributed by atoms with Crippen molar-refractivity contribution in [2.75, 3.05) is 19.8 Å². The Morgan fingerprint density at radius 3 is 2.23 bits per heavy atom. The predicted octanol–water partition coefficient (Wildman–Crippen LogP) is 2.81. The minimum absolute atomic E-state index is 0.0776. The summed E-state index contributed by atoms with van der Waals surface area (Å²) < 4.78 is 21.2. The molecule has 1 aliphatic rings. The molecule has 0 amide bonds. The minimum Gasteiger partial charge on any atom is -0.376 e. The lowest BCUT2D eigenvalue weighted by Crippen LogP contribution is -2.35. The third-order valence-electron chi connectivity index (χ3n) is 6.09. The SMILES string of the molecule is O=c1nc(-n2cncn2)ccn1C1COC(COCc2ccccc2)C1COCc1ccccc1. The summed E-state index contributed by atoms with van der Waals surface area (Å²) >= 11 is 0. The lowest BCUT2D eigenvalue weighted by atomic mass is 9.98. The zero-order valence-electron chi connectivity index (χ0n) is 19.2. The first kappa shape index (κ1) is 23.1. The van der Waals surface area contributed by atoms with E-state index in [1.807, 2.05) is 60.7 Å². The van der Waals surface area contributed by atoms with Crippen LogP contribution in [0.5, 0.6) is 0 Å². The molecular formula is C26H27N5O4. The molecule has 3 unspecified atom stereocenters. The van der Waals surface area contributed by atoms with Crippen LogP contribution in [0.4, 0.5) is 0 Å². The Labute approximate surface area is 202 Å². The number of aromatic nitrogens is 5. The monoisotopic (exact) mass is 473 g/mol. The summed E-state index contributed by atoms with van der Waals surface area (Å²) in [6, 6.07) is 21.6. The molecule has 0 radical (unpaired) electrons. The molecule has 5 rings (SSSR count). The van der Waals surface area contributed by atoms with E-state index in [1.54, 1.807) is 16.8 Å². The second-order valence-corrected chi connectivity index (χ2v) is 8.42. The van der Waals surface area contributed by atoms with Gasteiger partial charge in [-0.05, 0) is 17.2 Å². The zero-order valence-corrected chi connectivity index (χ0v) is 19.2. The van der Waals surface area contributed by atoms with Crippen molar-refractivity contribution in [2.45, 2.75) is 25.4 Å². The van der Waals surface area contributed by atoms with Crippen molar-refractivity contribution in [3.8, 4) is 5.82 Å². The molecule has 1 saturated heterocycles. The molecule has 9 heteroatoms. The average Bonchev–Trinajstić information content (AvgIpc) is 3.56. The highest BCUT2D eigenvalue weighted by Gasteiger charge is 2.39. The lowest BCUT2D eigenvalue weighted by Gasteiger charge is -2.24. The van der Waals surface area contributed by atoms with Crippen LogP contribution in [0.2, 0.25) is 0 Å². The normalized spacial score (nSPS) is 19.7. The van der Waals surface area contributed by atoms with E-state index in [2.05, 4.69) is 15.1 Å². The molecule has 0 aliphatic carbocycles. The fourth-order valence-electron chi connectivity index (χ4n) is 4.26. The smallest absolute Gasteiger partial charge is 0.349 e. The van der Waals surface area contributed by atoms with Crippen molar-refractivity contribution in [3.63, 3.8) is 0 Å². The number of hydrogen-bond acceptors (Lipinski definition) is 7. The van der Waals surface area contributed by atoms with Crippen molar-refractivity contribution in [1.82, 2.24) is 24.3 Å². The van der Waals surface area contributed by atoms with E-state index in [-0.39, 0.29) is 23.8 Å². The topological polar surface area (TPSA) is 93.3 Å². The van der Waals surface area contributed by atoms with Crippen molar-refractivity contribution < 1.29 is 14.2 Å². The largest absolute Gasteiger partial charge is 0.376 e. The van der Waals surface area contributed by atoms with E-state index in [4.69, 9.17) is 14.2 Å². The van der Waals surface area contributed by atoms with Gasteiger partial charge in [-0.2, -0.15) is 10.1 Å². The van der Waals surface area contributed by atoms with Crippen molar-refractivity contribution in [3.05, 3.63) is 107 Å². The molecule has 0 spiro atoms. The Kier molecular flexibility index (Phi) is 7.38. The van der Waals surface area contributed by atoms with E-state index < -0.39 is 0 Å². The first-order chi connectivity index (χ1) is 17.3. The van der Waals surface area contributed by atoms with Gasteiger partial charge in [0, 0.05) is 12.1 Å². The molecule has 3 heterocycles. The summed E-state index contributed by atoms with van der Waals surface area (Å²) in [5, 5.41) is 4.04. The molecule has 2 aromatic heterocycles. The van der Waals surface area contributed by atoms with Gasteiger partial charge in [0.1, 0.15) is 12.7 Å². The fraction of sp³-hybridized carbons (Fsp3) is 0.308. The zero-order chi connectivity index (χ0) is 23.9. The summed E-state index contributed by atoms with van der Waals surface area (Å²) in [7, 11) is 0. The van der Waals surface area contributed by atoms with Crippen LogP contribution in [0.1, 0.15) is 17.2 Å². The maximum atomic E-state index is 12.9. The standard InChI is InChI=1S/C26H27N5O4/c32-26-29-25(31-19-27-18-28-31)11-12-30(26)23-16-35-24(17-34-14-21-9-5-2-6-10-21)22(23)15-33-13-20-7-3-1-4-8-20/h1-12,18-19,22-24H,13-17H2. The van der Waals surface area contributed by atoms with Gasteiger partial charge in [0.05, 0.1) is 45.2 Å². The van der Waals surface area contributed by atoms with Gasteiger partial charge in [-0.3, -0.25) is 4.57 Å².